The SMILES string of the molecule is Cc1cccnc1S(=O)(=O)Nc1cccc2ncc(N3CCC3)cc12. The molecule has 4 rings (SSSR count). The summed E-state index contributed by atoms with van der Waals surface area (Å²) in [6.45, 7) is 3.75. The van der Waals surface area contributed by atoms with E-state index in [9.17, 15) is 8.42 Å². The van der Waals surface area contributed by atoms with Crippen LogP contribution in [0.5, 0.6) is 0 Å². The van der Waals surface area contributed by atoms with Crippen molar-refractivity contribution in [3.63, 3.8) is 0 Å². The van der Waals surface area contributed by atoms with Crippen molar-refractivity contribution in [1.82, 2.24) is 9.97 Å². The zero-order valence-corrected chi connectivity index (χ0v) is 14.6. The monoisotopic (exact) mass is 354 g/mol. The normalized spacial score (nSPS) is 14.4. The maximum Gasteiger partial charge on any atom is 0.279 e. The van der Waals surface area contributed by atoms with E-state index in [1.165, 1.54) is 12.6 Å². The van der Waals surface area contributed by atoms with Gasteiger partial charge in [0.1, 0.15) is 0 Å². The number of aryl methyl sites for hydroxylation is 1. The van der Waals surface area contributed by atoms with Gasteiger partial charge >= 0.3 is 0 Å². The minimum atomic E-state index is -3.76. The molecule has 7 heteroatoms. The van der Waals surface area contributed by atoms with E-state index < -0.39 is 10.0 Å². The van der Waals surface area contributed by atoms with Crippen LogP contribution in [-0.4, -0.2) is 31.5 Å². The summed E-state index contributed by atoms with van der Waals surface area (Å²) in [5.74, 6) is 0. The molecule has 3 heterocycles. The highest BCUT2D eigenvalue weighted by molar-refractivity contribution is 7.92. The van der Waals surface area contributed by atoms with Gasteiger partial charge in [0, 0.05) is 24.7 Å². The molecule has 0 radical (unpaired) electrons. The van der Waals surface area contributed by atoms with Gasteiger partial charge in [0.25, 0.3) is 10.0 Å². The fourth-order valence-electron chi connectivity index (χ4n) is 2.92. The van der Waals surface area contributed by atoms with Gasteiger partial charge < -0.3 is 4.90 Å². The standard InChI is InChI=1S/C18H18N4O2S/c1-13-5-3-8-19-18(13)25(23,24)21-17-7-2-6-16-15(17)11-14(12-20-16)22-9-4-10-22/h2-3,5-8,11-12,21H,4,9-10H2,1H3. The maximum atomic E-state index is 12.7. The molecule has 6 nitrogen and oxygen atoms in total. The van der Waals surface area contributed by atoms with E-state index in [4.69, 9.17) is 0 Å². The minimum absolute atomic E-state index is 0.0406. The Hall–Kier alpha value is -2.67. The lowest BCUT2D eigenvalue weighted by atomic mass is 10.1. The first kappa shape index (κ1) is 15.8. The summed E-state index contributed by atoms with van der Waals surface area (Å²) in [5, 5.41) is 0.822. The molecule has 0 amide bonds. The van der Waals surface area contributed by atoms with Crippen LogP contribution in [-0.2, 0) is 10.0 Å². The Morgan fingerprint density at radius 3 is 2.68 bits per heavy atom. The summed E-state index contributed by atoms with van der Waals surface area (Å²) in [6, 6.07) is 10.9. The van der Waals surface area contributed by atoms with E-state index in [-0.39, 0.29) is 5.03 Å². The molecule has 1 aromatic carbocycles. The van der Waals surface area contributed by atoms with Crippen LogP contribution in [0.4, 0.5) is 11.4 Å². The Bertz CT molecular complexity index is 1050. The fourth-order valence-corrected chi connectivity index (χ4v) is 4.18. The second-order valence-electron chi connectivity index (χ2n) is 6.14. The molecule has 128 valence electrons. The van der Waals surface area contributed by atoms with Crippen molar-refractivity contribution in [2.24, 2.45) is 0 Å². The lowest BCUT2D eigenvalue weighted by Gasteiger charge is -2.33. The molecule has 2 aromatic heterocycles. The maximum absolute atomic E-state index is 12.7. The fraction of sp³-hybridized carbons (Fsp3) is 0.222. The van der Waals surface area contributed by atoms with Crippen molar-refractivity contribution in [1.29, 1.82) is 0 Å². The summed E-state index contributed by atoms with van der Waals surface area (Å²) in [7, 11) is -3.76. The van der Waals surface area contributed by atoms with Crippen molar-refractivity contribution in [3.8, 4) is 0 Å². The first-order valence-corrected chi connectivity index (χ1v) is 9.61. The second-order valence-corrected chi connectivity index (χ2v) is 7.74. The second kappa shape index (κ2) is 6.00. The highest BCUT2D eigenvalue weighted by Crippen LogP contribution is 2.29. The number of nitrogens with one attached hydrogen (secondary N) is 1. The molecule has 0 unspecified atom stereocenters. The van der Waals surface area contributed by atoms with Crippen LogP contribution in [0.2, 0.25) is 0 Å². The summed E-state index contributed by atoms with van der Waals surface area (Å²) < 4.78 is 28.2. The van der Waals surface area contributed by atoms with Crippen LogP contribution in [0.25, 0.3) is 10.9 Å². The van der Waals surface area contributed by atoms with Crippen LogP contribution >= 0.6 is 0 Å². The van der Waals surface area contributed by atoms with Crippen molar-refractivity contribution >= 4 is 32.3 Å². The van der Waals surface area contributed by atoms with E-state index in [2.05, 4.69) is 19.6 Å². The van der Waals surface area contributed by atoms with Crippen molar-refractivity contribution in [2.45, 2.75) is 18.4 Å². The largest absolute Gasteiger partial charge is 0.370 e. The molecule has 25 heavy (non-hydrogen) atoms. The molecule has 0 saturated carbocycles. The van der Waals surface area contributed by atoms with Gasteiger partial charge in [0.05, 0.1) is 23.1 Å². The smallest absolute Gasteiger partial charge is 0.279 e. The van der Waals surface area contributed by atoms with E-state index in [1.54, 1.807) is 31.2 Å². The van der Waals surface area contributed by atoms with E-state index in [0.29, 0.717) is 11.3 Å². The number of aromatic nitrogens is 2. The van der Waals surface area contributed by atoms with Gasteiger partial charge in [0.15, 0.2) is 5.03 Å². The van der Waals surface area contributed by atoms with E-state index in [0.717, 1.165) is 29.7 Å². The molecule has 0 atom stereocenters. The summed E-state index contributed by atoms with van der Waals surface area (Å²) in [6.07, 6.45) is 4.49. The molecule has 3 aromatic rings. The Kier molecular flexibility index (Phi) is 3.80. The number of pyridine rings is 2. The molecular weight excluding hydrogens is 336 g/mol. The molecule has 1 N–H and O–H groups in total. The Morgan fingerprint density at radius 1 is 1.12 bits per heavy atom. The Labute approximate surface area is 146 Å². The lowest BCUT2D eigenvalue weighted by molar-refractivity contribution is 0.597. The average Bonchev–Trinajstić information content (AvgIpc) is 2.54. The predicted molar refractivity (Wildman–Crippen MR) is 98.4 cm³/mol. The van der Waals surface area contributed by atoms with Gasteiger partial charge in [-0.05, 0) is 43.2 Å². The summed E-state index contributed by atoms with van der Waals surface area (Å²) >= 11 is 0. The number of rotatable bonds is 4. The zero-order valence-electron chi connectivity index (χ0n) is 13.8. The number of sulfonamides is 1. The highest BCUT2D eigenvalue weighted by atomic mass is 32.2. The zero-order chi connectivity index (χ0) is 17.4. The Balaban J connectivity index is 1.77. The summed E-state index contributed by atoms with van der Waals surface area (Å²) in [4.78, 5) is 10.7. The molecule has 1 saturated heterocycles. The molecule has 0 bridgehead atoms. The Morgan fingerprint density at radius 2 is 1.96 bits per heavy atom. The molecule has 1 aliphatic rings. The first-order valence-electron chi connectivity index (χ1n) is 8.13. The van der Waals surface area contributed by atoms with Crippen LogP contribution in [0.1, 0.15) is 12.0 Å². The topological polar surface area (TPSA) is 75.2 Å². The number of hydrogen-bond acceptors (Lipinski definition) is 5. The van der Waals surface area contributed by atoms with E-state index in [1.807, 2.05) is 18.3 Å². The molecule has 0 aliphatic carbocycles. The van der Waals surface area contributed by atoms with E-state index >= 15 is 0 Å². The van der Waals surface area contributed by atoms with Gasteiger partial charge in [0.2, 0.25) is 0 Å². The van der Waals surface area contributed by atoms with Gasteiger partial charge in [-0.1, -0.05) is 12.1 Å². The number of nitrogens with zero attached hydrogens (tertiary/aromatic N) is 3. The average molecular weight is 354 g/mol. The third kappa shape index (κ3) is 2.91. The lowest BCUT2D eigenvalue weighted by Crippen LogP contribution is -2.36. The third-order valence-electron chi connectivity index (χ3n) is 4.39. The number of benzene rings is 1. The number of hydrogen-bond donors (Lipinski definition) is 1. The van der Waals surface area contributed by atoms with Crippen LogP contribution < -0.4 is 9.62 Å². The molecule has 1 fully saturated rings. The molecule has 1 aliphatic heterocycles. The van der Waals surface area contributed by atoms with Crippen molar-refractivity contribution in [3.05, 3.63) is 54.4 Å². The van der Waals surface area contributed by atoms with Crippen LogP contribution in [0.15, 0.2) is 53.8 Å². The van der Waals surface area contributed by atoms with Crippen LogP contribution in [0, 0.1) is 6.92 Å². The van der Waals surface area contributed by atoms with Gasteiger partial charge in [-0.25, -0.2) is 4.98 Å². The number of fused-ring (bicyclic) bond motifs is 1. The van der Waals surface area contributed by atoms with Gasteiger partial charge in [-0.2, -0.15) is 8.42 Å². The quantitative estimate of drug-likeness (QED) is 0.780. The molecular formula is C18H18N4O2S. The van der Waals surface area contributed by atoms with Gasteiger partial charge in [-0.15, -0.1) is 0 Å². The summed E-state index contributed by atoms with van der Waals surface area (Å²) in [5.41, 5.74) is 2.88. The predicted octanol–water partition coefficient (Wildman–Crippen LogP) is 2.95. The minimum Gasteiger partial charge on any atom is -0.370 e. The van der Waals surface area contributed by atoms with Crippen molar-refractivity contribution < 1.29 is 8.42 Å². The van der Waals surface area contributed by atoms with Crippen molar-refractivity contribution in [2.75, 3.05) is 22.7 Å². The first-order chi connectivity index (χ1) is 12.0. The van der Waals surface area contributed by atoms with Crippen LogP contribution in [0.3, 0.4) is 0 Å². The highest BCUT2D eigenvalue weighted by Gasteiger charge is 2.20. The number of anilines is 2. The molecule has 0 spiro atoms. The third-order valence-corrected chi connectivity index (χ3v) is 5.82. The van der Waals surface area contributed by atoms with Gasteiger partial charge in [-0.3, -0.25) is 9.71 Å².